The summed E-state index contributed by atoms with van der Waals surface area (Å²) in [4.78, 5) is 27.0. The number of rotatable bonds is 9. The number of benzene rings is 3. The van der Waals surface area contributed by atoms with Crippen molar-refractivity contribution in [1.29, 1.82) is 0 Å². The van der Waals surface area contributed by atoms with Crippen molar-refractivity contribution in [2.24, 2.45) is 5.92 Å². The molecule has 2 amide bonds. The van der Waals surface area contributed by atoms with Gasteiger partial charge in [0.05, 0.1) is 10.7 Å². The van der Waals surface area contributed by atoms with Crippen LogP contribution in [-0.2, 0) is 14.3 Å². The highest BCUT2D eigenvalue weighted by atomic mass is 32.2. The van der Waals surface area contributed by atoms with Gasteiger partial charge in [0.25, 0.3) is 0 Å². The van der Waals surface area contributed by atoms with E-state index in [0.29, 0.717) is 19.5 Å². The molecular formula is C31H32N2O3S. The van der Waals surface area contributed by atoms with Gasteiger partial charge < -0.3 is 15.0 Å². The van der Waals surface area contributed by atoms with Crippen molar-refractivity contribution in [3.8, 4) is 0 Å². The van der Waals surface area contributed by atoms with Crippen LogP contribution in [0.1, 0.15) is 29.5 Å². The van der Waals surface area contributed by atoms with Gasteiger partial charge in [0, 0.05) is 24.4 Å². The summed E-state index contributed by atoms with van der Waals surface area (Å²) in [5, 5.41) is 2.98. The fourth-order valence-corrected chi connectivity index (χ4v) is 7.31. The maximum Gasteiger partial charge on any atom is 0.410 e. The molecule has 5 nitrogen and oxygen atoms in total. The quantitative estimate of drug-likeness (QED) is 0.230. The molecule has 2 saturated heterocycles. The lowest BCUT2D eigenvalue weighted by molar-refractivity contribution is -0.131. The summed E-state index contributed by atoms with van der Waals surface area (Å²) >= 11 is 1.89. The molecule has 3 aromatic rings. The van der Waals surface area contributed by atoms with E-state index < -0.39 is 4.75 Å². The van der Waals surface area contributed by atoms with E-state index in [4.69, 9.17) is 4.74 Å². The number of nitrogens with one attached hydrogen (secondary N) is 1. The van der Waals surface area contributed by atoms with E-state index in [1.807, 2.05) is 34.9 Å². The van der Waals surface area contributed by atoms with E-state index in [0.717, 1.165) is 6.42 Å². The molecule has 0 aromatic heterocycles. The molecule has 190 valence electrons. The smallest absolute Gasteiger partial charge is 0.410 e. The van der Waals surface area contributed by atoms with Gasteiger partial charge in [0.2, 0.25) is 5.91 Å². The molecule has 0 aliphatic carbocycles. The lowest BCUT2D eigenvalue weighted by Gasteiger charge is -2.37. The zero-order valence-electron chi connectivity index (χ0n) is 20.8. The zero-order chi connectivity index (χ0) is 25.7. The molecule has 0 saturated carbocycles. The molecule has 6 heteroatoms. The van der Waals surface area contributed by atoms with Crippen LogP contribution in [0.4, 0.5) is 4.79 Å². The van der Waals surface area contributed by atoms with E-state index in [1.54, 1.807) is 6.08 Å². The normalized spacial score (nSPS) is 21.1. The first-order valence-corrected chi connectivity index (χ1v) is 13.7. The van der Waals surface area contributed by atoms with Crippen molar-refractivity contribution in [3.05, 3.63) is 120 Å². The Morgan fingerprint density at radius 1 is 0.973 bits per heavy atom. The number of β-lactam (4-membered cyclic amide) rings is 1. The van der Waals surface area contributed by atoms with E-state index in [-0.39, 0.29) is 35.8 Å². The Morgan fingerprint density at radius 2 is 1.51 bits per heavy atom. The first-order valence-electron chi connectivity index (χ1n) is 12.8. The average Bonchev–Trinajstić information content (AvgIpc) is 3.36. The molecule has 37 heavy (non-hydrogen) atoms. The molecule has 1 N–H and O–H groups in total. The molecule has 2 aliphatic rings. The van der Waals surface area contributed by atoms with Gasteiger partial charge in [-0.3, -0.25) is 4.79 Å². The summed E-state index contributed by atoms with van der Waals surface area (Å²) in [6.07, 6.45) is 2.70. The van der Waals surface area contributed by atoms with Gasteiger partial charge >= 0.3 is 6.09 Å². The largest absolute Gasteiger partial charge is 0.445 e. The van der Waals surface area contributed by atoms with Gasteiger partial charge in [-0.15, -0.1) is 11.8 Å². The van der Waals surface area contributed by atoms with E-state index in [2.05, 4.69) is 84.7 Å². The predicted octanol–water partition coefficient (Wildman–Crippen LogP) is 5.61. The van der Waals surface area contributed by atoms with Crippen LogP contribution in [0, 0.1) is 5.92 Å². The van der Waals surface area contributed by atoms with E-state index in [1.165, 1.54) is 16.7 Å². The molecule has 0 spiro atoms. The van der Waals surface area contributed by atoms with Gasteiger partial charge in [-0.2, -0.15) is 0 Å². The van der Waals surface area contributed by atoms with Crippen molar-refractivity contribution >= 4 is 23.8 Å². The number of nitrogens with zero attached hydrogens (tertiary/aromatic N) is 1. The Morgan fingerprint density at radius 3 is 1.95 bits per heavy atom. The molecule has 0 radical (unpaired) electrons. The second-order valence-electron chi connectivity index (χ2n) is 9.60. The standard InChI is InChI=1S/C31H32N2O3S/c1-2-18-36-30(35)33-22-28(20-27(33)19-23-21-32-29(23)34)37-31(24-12-6-3-7-13-24,25-14-8-4-9-15-25)26-16-10-5-11-17-26/h2-17,23,27-28H,1,18-22H2,(H,32,34). The third kappa shape index (κ3) is 5.16. The summed E-state index contributed by atoms with van der Waals surface area (Å²) in [5.74, 6) is 0.0216. The third-order valence-electron chi connectivity index (χ3n) is 7.27. The molecule has 2 heterocycles. The van der Waals surface area contributed by atoms with Crippen molar-refractivity contribution < 1.29 is 14.3 Å². The van der Waals surface area contributed by atoms with E-state index >= 15 is 0 Å². The number of carbonyl (C=O) groups excluding carboxylic acids is 2. The number of hydrogen-bond donors (Lipinski definition) is 1. The predicted molar refractivity (Wildman–Crippen MR) is 148 cm³/mol. The van der Waals surface area contributed by atoms with Crippen molar-refractivity contribution in [3.63, 3.8) is 0 Å². The van der Waals surface area contributed by atoms with Gasteiger partial charge in [-0.05, 0) is 29.5 Å². The molecule has 3 aromatic carbocycles. The number of amides is 2. The minimum Gasteiger partial charge on any atom is -0.445 e. The summed E-state index contributed by atoms with van der Waals surface area (Å²) in [5.41, 5.74) is 3.58. The highest BCUT2D eigenvalue weighted by Gasteiger charge is 2.46. The van der Waals surface area contributed by atoms with Crippen LogP contribution in [0.15, 0.2) is 104 Å². The summed E-state index contributed by atoms with van der Waals surface area (Å²) in [6.45, 7) is 5.08. The molecule has 2 fully saturated rings. The molecule has 2 aliphatic heterocycles. The fraction of sp³-hybridized carbons (Fsp3) is 0.290. The van der Waals surface area contributed by atoms with Gasteiger partial charge in [0.1, 0.15) is 6.61 Å². The average molecular weight is 513 g/mol. The lowest BCUT2D eigenvalue weighted by Crippen LogP contribution is -2.51. The molecule has 3 unspecified atom stereocenters. The van der Waals surface area contributed by atoms with Crippen molar-refractivity contribution in [2.45, 2.75) is 28.9 Å². The Balaban J connectivity index is 1.53. The van der Waals surface area contributed by atoms with Crippen LogP contribution in [0.3, 0.4) is 0 Å². The summed E-state index contributed by atoms with van der Waals surface area (Å²) in [6, 6.07) is 31.7. The van der Waals surface area contributed by atoms with Crippen LogP contribution in [-0.4, -0.2) is 47.9 Å². The molecule has 5 rings (SSSR count). The van der Waals surface area contributed by atoms with Crippen molar-refractivity contribution in [1.82, 2.24) is 10.2 Å². The van der Waals surface area contributed by atoms with Crippen LogP contribution in [0.5, 0.6) is 0 Å². The number of thioether (sulfide) groups is 1. The number of likely N-dealkylation sites (tertiary alicyclic amines) is 1. The minimum atomic E-state index is -0.464. The lowest BCUT2D eigenvalue weighted by atomic mass is 9.84. The maximum absolute atomic E-state index is 13.1. The van der Waals surface area contributed by atoms with Crippen LogP contribution in [0.25, 0.3) is 0 Å². The topological polar surface area (TPSA) is 58.6 Å². The number of carbonyl (C=O) groups is 2. The van der Waals surface area contributed by atoms with Crippen LogP contribution < -0.4 is 5.32 Å². The highest BCUT2D eigenvalue weighted by molar-refractivity contribution is 8.01. The zero-order valence-corrected chi connectivity index (χ0v) is 21.6. The molecule has 3 atom stereocenters. The SMILES string of the molecule is C=CCOC(=O)N1CC(SC(c2ccccc2)(c2ccccc2)c2ccccc2)CC1CC1CNC1=O. The van der Waals surface area contributed by atoms with Gasteiger partial charge in [-0.1, -0.05) is 104 Å². The van der Waals surface area contributed by atoms with Crippen LogP contribution in [0.2, 0.25) is 0 Å². The first kappa shape index (κ1) is 25.2. The summed E-state index contributed by atoms with van der Waals surface area (Å²) in [7, 11) is 0. The minimum absolute atomic E-state index is 0.0501. The molecular weight excluding hydrogens is 480 g/mol. The second kappa shape index (κ2) is 11.3. The maximum atomic E-state index is 13.1. The van der Waals surface area contributed by atoms with E-state index in [9.17, 15) is 9.59 Å². The van der Waals surface area contributed by atoms with Crippen molar-refractivity contribution in [2.75, 3.05) is 19.7 Å². The second-order valence-corrected chi connectivity index (χ2v) is 11.1. The molecule has 0 bridgehead atoms. The Kier molecular flexibility index (Phi) is 7.65. The highest BCUT2D eigenvalue weighted by Crippen LogP contribution is 2.52. The van der Waals surface area contributed by atoms with Gasteiger partial charge in [-0.25, -0.2) is 4.79 Å². The Hall–Kier alpha value is -3.51. The van der Waals surface area contributed by atoms with Gasteiger partial charge in [0.15, 0.2) is 0 Å². The Labute approximate surface area is 222 Å². The first-order chi connectivity index (χ1) is 18.1. The third-order valence-corrected chi connectivity index (χ3v) is 9.01. The summed E-state index contributed by atoms with van der Waals surface area (Å²) < 4.78 is 4.99. The number of ether oxygens (including phenoxy) is 1. The Bertz CT molecular complexity index is 1120. The monoisotopic (exact) mass is 512 g/mol. The fourth-order valence-electron chi connectivity index (χ4n) is 5.44. The van der Waals surface area contributed by atoms with Crippen LogP contribution >= 0.6 is 11.8 Å². The number of hydrogen-bond acceptors (Lipinski definition) is 4.